The lowest BCUT2D eigenvalue weighted by Gasteiger charge is -2.28. The Hall–Kier alpha value is -4.00. The van der Waals surface area contributed by atoms with E-state index in [0.717, 1.165) is 36.5 Å². The van der Waals surface area contributed by atoms with Crippen LogP contribution in [0.4, 0.5) is 25.8 Å². The lowest BCUT2D eigenvalue weighted by Crippen LogP contribution is -2.33. The zero-order valence-corrected chi connectivity index (χ0v) is 18.4. The first kappa shape index (κ1) is 21.8. The molecule has 0 aliphatic carbocycles. The first-order valence-electron chi connectivity index (χ1n) is 11.3. The van der Waals surface area contributed by atoms with Crippen molar-refractivity contribution in [2.24, 2.45) is 0 Å². The van der Waals surface area contributed by atoms with E-state index in [1.54, 1.807) is 6.07 Å². The van der Waals surface area contributed by atoms with Gasteiger partial charge in [-0.05, 0) is 73.4 Å². The molecule has 0 radical (unpaired) electrons. The normalized spacial score (nSPS) is 16.4. The van der Waals surface area contributed by atoms with Crippen LogP contribution in [-0.2, 0) is 9.59 Å². The minimum atomic E-state index is -0.685. The Morgan fingerprint density at radius 3 is 2.09 bits per heavy atom. The highest BCUT2D eigenvalue weighted by Crippen LogP contribution is 2.35. The first-order valence-corrected chi connectivity index (χ1v) is 11.3. The van der Waals surface area contributed by atoms with Gasteiger partial charge in [-0.1, -0.05) is 24.3 Å². The van der Waals surface area contributed by atoms with E-state index < -0.39 is 23.4 Å². The number of carbonyl (C=O) groups excluding carboxylic acids is 2. The molecule has 2 aliphatic rings. The number of piperidine rings is 1. The third-order valence-electron chi connectivity index (χ3n) is 6.17. The largest absolute Gasteiger partial charge is 0.372 e. The molecule has 172 valence electrons. The predicted octanol–water partition coefficient (Wildman–Crippen LogP) is 5.35. The van der Waals surface area contributed by atoms with Crippen LogP contribution in [0.25, 0.3) is 5.57 Å². The second kappa shape index (κ2) is 9.09. The lowest BCUT2D eigenvalue weighted by atomic mass is 10.0. The van der Waals surface area contributed by atoms with E-state index in [-0.39, 0.29) is 17.0 Å². The molecule has 2 amide bonds. The highest BCUT2D eigenvalue weighted by Gasteiger charge is 2.41. The number of hydrogen-bond acceptors (Lipinski definition) is 4. The number of hydrogen-bond donors (Lipinski definition) is 1. The molecule has 1 N–H and O–H groups in total. The van der Waals surface area contributed by atoms with Crippen molar-refractivity contribution in [3.05, 3.63) is 95.7 Å². The van der Waals surface area contributed by atoms with Crippen LogP contribution in [0.15, 0.2) is 78.5 Å². The van der Waals surface area contributed by atoms with Gasteiger partial charge in [-0.3, -0.25) is 9.59 Å². The van der Waals surface area contributed by atoms with Gasteiger partial charge < -0.3 is 10.2 Å². The van der Waals surface area contributed by atoms with Gasteiger partial charge in [-0.25, -0.2) is 13.7 Å². The fraction of sp³-hybridized carbons (Fsp3) is 0.185. The molecule has 2 heterocycles. The van der Waals surface area contributed by atoms with Crippen LogP contribution in [0.1, 0.15) is 24.8 Å². The first-order chi connectivity index (χ1) is 16.5. The maximum Gasteiger partial charge on any atom is 0.282 e. The monoisotopic (exact) mass is 459 g/mol. The van der Waals surface area contributed by atoms with Gasteiger partial charge in [0.2, 0.25) is 0 Å². The van der Waals surface area contributed by atoms with E-state index in [4.69, 9.17) is 0 Å². The number of imide groups is 1. The van der Waals surface area contributed by atoms with Gasteiger partial charge >= 0.3 is 0 Å². The van der Waals surface area contributed by atoms with Gasteiger partial charge in [0.15, 0.2) is 0 Å². The number of halogens is 2. The number of benzene rings is 3. The molecule has 5 nitrogen and oxygen atoms in total. The van der Waals surface area contributed by atoms with Crippen molar-refractivity contribution < 1.29 is 18.4 Å². The summed E-state index contributed by atoms with van der Waals surface area (Å²) in [5, 5.41) is 3.07. The third-order valence-corrected chi connectivity index (χ3v) is 6.17. The fourth-order valence-corrected chi connectivity index (χ4v) is 4.43. The zero-order chi connectivity index (χ0) is 23.7. The van der Waals surface area contributed by atoms with Crippen LogP contribution in [-0.4, -0.2) is 24.9 Å². The molecule has 3 aromatic carbocycles. The summed E-state index contributed by atoms with van der Waals surface area (Å²) in [5.74, 6) is -2.49. The van der Waals surface area contributed by atoms with Gasteiger partial charge in [0.05, 0.1) is 11.3 Å². The third kappa shape index (κ3) is 4.05. The Morgan fingerprint density at radius 1 is 0.735 bits per heavy atom. The summed E-state index contributed by atoms with van der Waals surface area (Å²) >= 11 is 0. The van der Waals surface area contributed by atoms with E-state index in [1.165, 1.54) is 48.9 Å². The predicted molar refractivity (Wildman–Crippen MR) is 128 cm³/mol. The molecular weight excluding hydrogens is 436 g/mol. The molecule has 1 saturated heterocycles. The molecule has 34 heavy (non-hydrogen) atoms. The quantitative estimate of drug-likeness (QED) is 0.523. The van der Waals surface area contributed by atoms with Crippen LogP contribution in [0, 0.1) is 11.6 Å². The molecule has 0 saturated carbocycles. The highest BCUT2D eigenvalue weighted by atomic mass is 19.1. The van der Waals surface area contributed by atoms with Gasteiger partial charge in [-0.15, -0.1) is 0 Å². The number of para-hydroxylation sites is 1. The number of nitrogens with zero attached hydrogens (tertiary/aromatic N) is 2. The van der Waals surface area contributed by atoms with Crippen molar-refractivity contribution in [2.45, 2.75) is 19.3 Å². The number of anilines is 3. The van der Waals surface area contributed by atoms with Gasteiger partial charge in [0.25, 0.3) is 11.8 Å². The van der Waals surface area contributed by atoms with Crippen LogP contribution in [0.5, 0.6) is 0 Å². The molecule has 7 heteroatoms. The maximum atomic E-state index is 14.5. The summed E-state index contributed by atoms with van der Waals surface area (Å²) in [5.41, 5.74) is 2.03. The van der Waals surface area contributed by atoms with Gasteiger partial charge in [0.1, 0.15) is 17.3 Å². The van der Waals surface area contributed by atoms with Crippen molar-refractivity contribution >= 4 is 34.4 Å². The number of amides is 2. The second-order valence-corrected chi connectivity index (χ2v) is 8.37. The Morgan fingerprint density at radius 2 is 1.41 bits per heavy atom. The Bertz CT molecular complexity index is 1260. The van der Waals surface area contributed by atoms with E-state index in [1.807, 2.05) is 24.3 Å². The summed E-state index contributed by atoms with van der Waals surface area (Å²) in [6.45, 7) is 2.02. The zero-order valence-electron chi connectivity index (χ0n) is 18.4. The summed E-state index contributed by atoms with van der Waals surface area (Å²) in [6, 6.07) is 18.6. The number of rotatable bonds is 5. The van der Waals surface area contributed by atoms with Crippen LogP contribution < -0.4 is 15.1 Å². The molecule has 2 aliphatic heterocycles. The lowest BCUT2D eigenvalue weighted by molar-refractivity contribution is -0.120. The molecule has 0 spiro atoms. The summed E-state index contributed by atoms with van der Waals surface area (Å²) in [7, 11) is 0. The van der Waals surface area contributed by atoms with Crippen molar-refractivity contribution in [1.29, 1.82) is 0 Å². The van der Waals surface area contributed by atoms with Crippen molar-refractivity contribution in [1.82, 2.24) is 0 Å². The second-order valence-electron chi connectivity index (χ2n) is 8.37. The molecule has 0 aromatic heterocycles. The van der Waals surface area contributed by atoms with Crippen molar-refractivity contribution in [3.8, 4) is 0 Å². The van der Waals surface area contributed by atoms with Crippen LogP contribution in [0.2, 0.25) is 0 Å². The molecule has 0 bridgehead atoms. The fourth-order valence-electron chi connectivity index (χ4n) is 4.43. The minimum Gasteiger partial charge on any atom is -0.372 e. The minimum absolute atomic E-state index is 0.0191. The van der Waals surface area contributed by atoms with E-state index in [0.29, 0.717) is 11.3 Å². The Labute approximate surface area is 196 Å². The Balaban J connectivity index is 1.51. The average Bonchev–Trinajstić information content (AvgIpc) is 3.10. The van der Waals surface area contributed by atoms with Crippen LogP contribution in [0.3, 0.4) is 0 Å². The molecule has 1 fully saturated rings. The number of nitrogens with one attached hydrogen (secondary N) is 1. The Kier molecular flexibility index (Phi) is 5.84. The SMILES string of the molecule is O=C1C(Nc2ccc(N3CCCCC3)cc2)=C(c2ccc(F)cc2)C(=O)N1c1ccccc1F. The molecular formula is C27H23F2N3O2. The highest BCUT2D eigenvalue weighted by molar-refractivity contribution is 6.46. The summed E-state index contributed by atoms with van der Waals surface area (Å²) < 4.78 is 28.0. The topological polar surface area (TPSA) is 52.7 Å². The molecule has 5 rings (SSSR count). The standard InChI is InChI=1S/C27H23F2N3O2/c28-19-10-8-18(9-11-19)24-25(27(34)32(26(24)33)23-7-3-2-6-22(23)29)30-20-12-14-21(15-13-20)31-16-4-1-5-17-31/h2-3,6-15,30H,1,4-5,16-17H2. The summed E-state index contributed by atoms with van der Waals surface area (Å²) in [6.07, 6.45) is 3.57. The van der Waals surface area contributed by atoms with Crippen molar-refractivity contribution in [3.63, 3.8) is 0 Å². The smallest absolute Gasteiger partial charge is 0.282 e. The van der Waals surface area contributed by atoms with E-state index in [9.17, 15) is 18.4 Å². The van der Waals surface area contributed by atoms with E-state index >= 15 is 0 Å². The molecule has 3 aromatic rings. The summed E-state index contributed by atoms with van der Waals surface area (Å²) in [4.78, 5) is 29.9. The maximum absolute atomic E-state index is 14.5. The average molecular weight is 459 g/mol. The van der Waals surface area contributed by atoms with E-state index in [2.05, 4.69) is 10.2 Å². The van der Waals surface area contributed by atoms with Gasteiger partial charge in [-0.2, -0.15) is 0 Å². The molecule has 0 atom stereocenters. The molecule has 0 unspecified atom stereocenters. The van der Waals surface area contributed by atoms with Crippen LogP contribution >= 0.6 is 0 Å². The van der Waals surface area contributed by atoms with Crippen molar-refractivity contribution in [2.75, 3.05) is 28.2 Å². The number of carbonyl (C=O) groups is 2. The van der Waals surface area contributed by atoms with Gasteiger partial charge in [0, 0.05) is 24.5 Å².